The van der Waals surface area contributed by atoms with Gasteiger partial charge in [0.25, 0.3) is 0 Å². The maximum absolute atomic E-state index is 6.33. The monoisotopic (exact) mass is 344 g/mol. The average Bonchev–Trinajstić information content (AvgIpc) is 2.59. The molecule has 0 N–H and O–H groups in total. The van der Waals surface area contributed by atoms with Gasteiger partial charge in [0.15, 0.2) is 0 Å². The van der Waals surface area contributed by atoms with Crippen molar-refractivity contribution in [2.45, 2.75) is 18.4 Å². The normalized spacial score (nSPS) is 22.4. The Morgan fingerprint density at radius 2 is 1.79 bits per heavy atom. The molecule has 0 bridgehead atoms. The third-order valence-electron chi connectivity index (χ3n) is 5.87. The fraction of sp³-hybridized carbons (Fsp3) is 0.526. The second kappa shape index (κ2) is 6.17. The van der Waals surface area contributed by atoms with E-state index in [-0.39, 0.29) is 0 Å². The van der Waals surface area contributed by atoms with Crippen LogP contribution in [0.15, 0.2) is 30.3 Å². The summed E-state index contributed by atoms with van der Waals surface area (Å²) in [7, 11) is 4.53. The number of halogens is 1. The minimum absolute atomic E-state index is 0.331. The van der Waals surface area contributed by atoms with E-state index in [4.69, 9.17) is 16.6 Å². The van der Waals surface area contributed by atoms with Crippen LogP contribution in [0.4, 0.5) is 5.82 Å². The number of anilines is 1. The van der Waals surface area contributed by atoms with Gasteiger partial charge in [-0.25, -0.2) is 4.98 Å². The molecular weight excluding hydrogens is 320 g/mol. The molecule has 1 aromatic heterocycles. The predicted octanol–water partition coefficient (Wildman–Crippen LogP) is 3.10. The highest BCUT2D eigenvalue weighted by Gasteiger charge is 2.41. The molecule has 5 heteroatoms. The molecule has 0 saturated carbocycles. The van der Waals surface area contributed by atoms with Gasteiger partial charge >= 0.3 is 0 Å². The topological polar surface area (TPSA) is 22.6 Å². The largest absolute Gasteiger partial charge is 0.356 e. The summed E-state index contributed by atoms with van der Waals surface area (Å²) in [6, 6.07) is 10.2. The van der Waals surface area contributed by atoms with Crippen molar-refractivity contribution in [3.05, 3.63) is 35.4 Å². The molecule has 0 atom stereocenters. The van der Waals surface area contributed by atoms with E-state index in [9.17, 15) is 0 Å². The van der Waals surface area contributed by atoms with E-state index in [1.54, 1.807) is 0 Å². The lowest BCUT2D eigenvalue weighted by Crippen LogP contribution is -2.63. The van der Waals surface area contributed by atoms with Gasteiger partial charge in [-0.3, -0.25) is 4.90 Å². The highest BCUT2D eigenvalue weighted by atomic mass is 35.5. The van der Waals surface area contributed by atoms with Gasteiger partial charge in [-0.2, -0.15) is 0 Å². The molecule has 2 aromatic rings. The highest BCUT2D eigenvalue weighted by molar-refractivity contribution is 6.35. The number of rotatable bonds is 1. The van der Waals surface area contributed by atoms with Gasteiger partial charge in [0, 0.05) is 43.6 Å². The second-order valence-electron chi connectivity index (χ2n) is 7.35. The number of para-hydroxylation sites is 1. The minimum atomic E-state index is 0.331. The maximum Gasteiger partial charge on any atom is 0.129 e. The van der Waals surface area contributed by atoms with Crippen molar-refractivity contribution in [1.29, 1.82) is 0 Å². The number of aromatic nitrogens is 1. The van der Waals surface area contributed by atoms with Gasteiger partial charge < -0.3 is 9.80 Å². The summed E-state index contributed by atoms with van der Waals surface area (Å²) in [5, 5.41) is 1.84. The number of pyridine rings is 1. The van der Waals surface area contributed by atoms with Crippen LogP contribution in [0.5, 0.6) is 0 Å². The number of benzene rings is 1. The van der Waals surface area contributed by atoms with E-state index >= 15 is 0 Å². The van der Waals surface area contributed by atoms with E-state index in [1.165, 1.54) is 32.5 Å². The van der Waals surface area contributed by atoms with E-state index in [0.717, 1.165) is 34.8 Å². The quantitative estimate of drug-likeness (QED) is 0.792. The predicted molar refractivity (Wildman–Crippen MR) is 101 cm³/mol. The lowest BCUT2D eigenvalue weighted by atomic mass is 9.84. The zero-order chi connectivity index (χ0) is 16.7. The molecule has 4 rings (SSSR count). The van der Waals surface area contributed by atoms with Gasteiger partial charge in [-0.15, -0.1) is 0 Å². The molecule has 24 heavy (non-hydrogen) atoms. The van der Waals surface area contributed by atoms with Crippen molar-refractivity contribution < 1.29 is 0 Å². The summed E-state index contributed by atoms with van der Waals surface area (Å²) in [6.07, 6.45) is 2.38. The Balaban J connectivity index is 1.54. The number of piperazine rings is 1. The molecule has 2 saturated heterocycles. The number of hydrogen-bond acceptors (Lipinski definition) is 4. The van der Waals surface area contributed by atoms with Gasteiger partial charge in [0.2, 0.25) is 0 Å². The zero-order valence-corrected chi connectivity index (χ0v) is 15.3. The Kier molecular flexibility index (Phi) is 4.15. The van der Waals surface area contributed by atoms with Crippen LogP contribution in [-0.2, 0) is 0 Å². The van der Waals surface area contributed by atoms with Crippen molar-refractivity contribution in [2.24, 2.45) is 0 Å². The highest BCUT2D eigenvalue weighted by Crippen LogP contribution is 2.33. The molecular formula is C19H25ClN4. The molecule has 0 radical (unpaired) electrons. The Labute approximate surface area is 149 Å². The first-order chi connectivity index (χ1) is 11.6. The van der Waals surface area contributed by atoms with Crippen molar-refractivity contribution in [1.82, 2.24) is 14.8 Å². The third kappa shape index (κ3) is 2.77. The van der Waals surface area contributed by atoms with E-state index in [0.29, 0.717) is 5.54 Å². The molecule has 1 aromatic carbocycles. The lowest BCUT2D eigenvalue weighted by molar-refractivity contribution is 0.00938. The Hall–Kier alpha value is -1.36. The molecule has 3 heterocycles. The smallest absolute Gasteiger partial charge is 0.129 e. The van der Waals surface area contributed by atoms with Gasteiger partial charge in [0.1, 0.15) is 5.82 Å². The minimum Gasteiger partial charge on any atom is -0.356 e. The molecule has 2 aliphatic rings. The lowest BCUT2D eigenvalue weighted by Gasteiger charge is -2.52. The van der Waals surface area contributed by atoms with Crippen molar-refractivity contribution >= 4 is 28.3 Å². The summed E-state index contributed by atoms with van der Waals surface area (Å²) in [5.74, 6) is 1.05. The Morgan fingerprint density at radius 3 is 2.58 bits per heavy atom. The zero-order valence-electron chi connectivity index (χ0n) is 14.5. The first-order valence-corrected chi connectivity index (χ1v) is 9.15. The number of hydrogen-bond donors (Lipinski definition) is 0. The summed E-state index contributed by atoms with van der Waals surface area (Å²) in [5.41, 5.74) is 1.24. The molecule has 2 fully saturated rings. The van der Waals surface area contributed by atoms with Crippen LogP contribution in [0.25, 0.3) is 10.9 Å². The molecule has 128 valence electrons. The summed E-state index contributed by atoms with van der Waals surface area (Å²) in [6.45, 7) is 5.63. The third-order valence-corrected chi connectivity index (χ3v) is 6.17. The molecule has 2 aliphatic heterocycles. The van der Waals surface area contributed by atoms with Crippen LogP contribution in [-0.4, -0.2) is 67.1 Å². The van der Waals surface area contributed by atoms with Gasteiger partial charge in [0.05, 0.1) is 10.5 Å². The van der Waals surface area contributed by atoms with E-state index in [2.05, 4.69) is 47.0 Å². The van der Waals surface area contributed by atoms with E-state index in [1.807, 2.05) is 12.1 Å². The van der Waals surface area contributed by atoms with Crippen molar-refractivity contribution in [2.75, 3.05) is 51.7 Å². The standard InChI is InChI=1S/C19H25ClN4/c1-22-12-13-23(2)19(14-22)8-10-24(11-9-19)17-7-6-15-4-3-5-16(20)18(15)21-17/h3-7H,8-14H2,1-2H3. The number of likely N-dealkylation sites (N-methyl/N-ethyl adjacent to an activating group) is 2. The molecule has 1 spiro atoms. The van der Waals surface area contributed by atoms with Crippen LogP contribution >= 0.6 is 11.6 Å². The maximum atomic E-state index is 6.33. The molecule has 0 unspecified atom stereocenters. The fourth-order valence-electron chi connectivity index (χ4n) is 4.23. The van der Waals surface area contributed by atoms with Crippen LogP contribution in [0.2, 0.25) is 5.02 Å². The first-order valence-electron chi connectivity index (χ1n) is 8.77. The van der Waals surface area contributed by atoms with E-state index < -0.39 is 0 Å². The Bertz CT molecular complexity index is 739. The summed E-state index contributed by atoms with van der Waals surface area (Å²) >= 11 is 6.33. The summed E-state index contributed by atoms with van der Waals surface area (Å²) < 4.78 is 0. The van der Waals surface area contributed by atoms with Crippen LogP contribution < -0.4 is 4.90 Å². The van der Waals surface area contributed by atoms with Crippen LogP contribution in [0.1, 0.15) is 12.8 Å². The van der Waals surface area contributed by atoms with Crippen LogP contribution in [0.3, 0.4) is 0 Å². The van der Waals surface area contributed by atoms with Crippen LogP contribution in [0, 0.1) is 0 Å². The summed E-state index contributed by atoms with van der Waals surface area (Å²) in [4.78, 5) is 12.3. The number of piperidine rings is 1. The van der Waals surface area contributed by atoms with Crippen molar-refractivity contribution in [3.63, 3.8) is 0 Å². The van der Waals surface area contributed by atoms with Gasteiger partial charge in [-0.1, -0.05) is 23.7 Å². The fourth-order valence-corrected chi connectivity index (χ4v) is 4.45. The van der Waals surface area contributed by atoms with Crippen molar-refractivity contribution in [3.8, 4) is 0 Å². The molecule has 0 aliphatic carbocycles. The second-order valence-corrected chi connectivity index (χ2v) is 7.76. The van der Waals surface area contributed by atoms with Gasteiger partial charge in [-0.05, 0) is 45.1 Å². The number of fused-ring (bicyclic) bond motifs is 1. The Morgan fingerprint density at radius 1 is 1.00 bits per heavy atom. The SMILES string of the molecule is CN1CCN(C)C2(CCN(c3ccc4cccc(Cl)c4n3)CC2)C1. The average molecular weight is 345 g/mol. The first kappa shape index (κ1) is 16.1. The molecule has 4 nitrogen and oxygen atoms in total. The number of nitrogens with zero attached hydrogens (tertiary/aromatic N) is 4. The molecule has 0 amide bonds.